The molecule has 0 unspecified atom stereocenters. The predicted octanol–water partition coefficient (Wildman–Crippen LogP) is 3.75. The standard InChI is InChI=1S/C20H19BrFNO4/c1-23(12-14-3-2-4-17(22)11-14)19(25)13-27-20(26)10-9-18(24)15-5-7-16(21)8-6-15/h2-8,11H,9-10,12-13H2,1H3. The van der Waals surface area contributed by atoms with E-state index in [9.17, 15) is 18.8 Å². The first-order valence-electron chi connectivity index (χ1n) is 8.28. The Balaban J connectivity index is 1.73. The largest absolute Gasteiger partial charge is 0.456 e. The van der Waals surface area contributed by atoms with Gasteiger partial charge in [0.05, 0.1) is 6.42 Å². The maximum atomic E-state index is 13.2. The van der Waals surface area contributed by atoms with Gasteiger partial charge in [-0.1, -0.05) is 40.2 Å². The van der Waals surface area contributed by atoms with Gasteiger partial charge in [-0.25, -0.2) is 4.39 Å². The Morgan fingerprint density at radius 1 is 1.07 bits per heavy atom. The van der Waals surface area contributed by atoms with Crippen LogP contribution in [0.1, 0.15) is 28.8 Å². The molecule has 0 spiro atoms. The number of benzene rings is 2. The average Bonchev–Trinajstić information content (AvgIpc) is 2.64. The van der Waals surface area contributed by atoms with E-state index in [2.05, 4.69) is 15.9 Å². The van der Waals surface area contributed by atoms with Crippen LogP contribution >= 0.6 is 15.9 Å². The maximum Gasteiger partial charge on any atom is 0.306 e. The van der Waals surface area contributed by atoms with Gasteiger partial charge in [-0.15, -0.1) is 0 Å². The van der Waals surface area contributed by atoms with Gasteiger partial charge in [-0.2, -0.15) is 0 Å². The van der Waals surface area contributed by atoms with Gasteiger partial charge in [-0.3, -0.25) is 14.4 Å². The Morgan fingerprint density at radius 3 is 2.44 bits per heavy atom. The molecule has 0 aromatic heterocycles. The van der Waals surface area contributed by atoms with Crippen LogP contribution < -0.4 is 0 Å². The number of amides is 1. The van der Waals surface area contributed by atoms with Gasteiger partial charge >= 0.3 is 5.97 Å². The van der Waals surface area contributed by atoms with Crippen molar-refractivity contribution in [1.82, 2.24) is 4.90 Å². The molecule has 7 heteroatoms. The minimum atomic E-state index is -0.618. The molecule has 2 aromatic carbocycles. The zero-order valence-corrected chi connectivity index (χ0v) is 16.4. The Kier molecular flexibility index (Phi) is 7.67. The number of carbonyl (C=O) groups excluding carboxylic acids is 3. The Hall–Kier alpha value is -2.54. The third kappa shape index (κ3) is 6.94. The Labute approximate surface area is 165 Å². The molecule has 0 aliphatic carbocycles. The molecule has 0 fully saturated rings. The molecule has 0 saturated heterocycles. The molecule has 5 nitrogen and oxygen atoms in total. The number of ether oxygens (including phenoxy) is 1. The fourth-order valence-corrected chi connectivity index (χ4v) is 2.58. The second-order valence-electron chi connectivity index (χ2n) is 5.97. The van der Waals surface area contributed by atoms with Crippen LogP contribution in [-0.4, -0.2) is 36.2 Å². The summed E-state index contributed by atoms with van der Waals surface area (Å²) in [5.74, 6) is -1.58. The number of hydrogen-bond acceptors (Lipinski definition) is 4. The SMILES string of the molecule is CN(Cc1cccc(F)c1)C(=O)COC(=O)CCC(=O)c1ccc(Br)cc1. The molecule has 1 amide bonds. The summed E-state index contributed by atoms with van der Waals surface area (Å²) in [6, 6.07) is 12.8. The maximum absolute atomic E-state index is 13.2. The predicted molar refractivity (Wildman–Crippen MR) is 102 cm³/mol. The number of rotatable bonds is 8. The van der Waals surface area contributed by atoms with Gasteiger partial charge in [0.1, 0.15) is 5.82 Å². The van der Waals surface area contributed by atoms with E-state index in [1.54, 1.807) is 36.4 Å². The molecule has 0 aliphatic heterocycles. The molecule has 0 aliphatic rings. The van der Waals surface area contributed by atoms with Gasteiger partial charge in [0, 0.05) is 30.0 Å². The zero-order valence-electron chi connectivity index (χ0n) is 14.8. The minimum Gasteiger partial charge on any atom is -0.456 e. The number of likely N-dealkylation sites (N-methyl/N-ethyl adjacent to an activating group) is 1. The zero-order chi connectivity index (χ0) is 19.8. The molecule has 0 bridgehead atoms. The number of Topliss-reactive ketones (excluding diaryl/α,β-unsaturated/α-hetero) is 1. The topological polar surface area (TPSA) is 63.7 Å². The average molecular weight is 436 g/mol. The third-order valence-electron chi connectivity index (χ3n) is 3.81. The van der Waals surface area contributed by atoms with E-state index >= 15 is 0 Å². The molecule has 0 saturated carbocycles. The summed E-state index contributed by atoms with van der Waals surface area (Å²) in [6.45, 7) is -0.215. The lowest BCUT2D eigenvalue weighted by atomic mass is 10.1. The van der Waals surface area contributed by atoms with Crippen molar-refractivity contribution < 1.29 is 23.5 Å². The van der Waals surface area contributed by atoms with Gasteiger partial charge in [0.25, 0.3) is 5.91 Å². The number of esters is 1. The summed E-state index contributed by atoms with van der Waals surface area (Å²) in [5.41, 5.74) is 1.15. The van der Waals surface area contributed by atoms with Crippen molar-refractivity contribution in [2.45, 2.75) is 19.4 Å². The van der Waals surface area contributed by atoms with Crippen LogP contribution in [0, 0.1) is 5.82 Å². The molecular formula is C20H19BrFNO4. The molecule has 0 atom stereocenters. The number of nitrogens with zero attached hydrogens (tertiary/aromatic N) is 1. The first kappa shape index (κ1) is 20.8. The normalized spacial score (nSPS) is 10.3. The van der Waals surface area contributed by atoms with E-state index in [1.807, 2.05) is 0 Å². The van der Waals surface area contributed by atoms with Crippen molar-refractivity contribution >= 4 is 33.6 Å². The number of carbonyl (C=O) groups is 3. The molecule has 27 heavy (non-hydrogen) atoms. The first-order chi connectivity index (χ1) is 12.8. The van der Waals surface area contributed by atoms with Crippen molar-refractivity contribution in [3.05, 3.63) is 69.9 Å². The summed E-state index contributed by atoms with van der Waals surface area (Å²) in [7, 11) is 1.54. The highest BCUT2D eigenvalue weighted by atomic mass is 79.9. The molecular weight excluding hydrogens is 417 g/mol. The molecule has 0 heterocycles. The number of ketones is 1. The van der Waals surface area contributed by atoms with Gasteiger partial charge in [0.2, 0.25) is 0 Å². The summed E-state index contributed by atoms with van der Waals surface area (Å²) in [4.78, 5) is 37.1. The smallest absolute Gasteiger partial charge is 0.306 e. The summed E-state index contributed by atoms with van der Waals surface area (Å²) in [6.07, 6.45) is -0.0937. The van der Waals surface area contributed by atoms with E-state index in [0.717, 1.165) is 4.47 Å². The van der Waals surface area contributed by atoms with E-state index in [-0.39, 0.29) is 31.0 Å². The minimum absolute atomic E-state index is 0.00773. The quantitative estimate of drug-likeness (QED) is 0.467. The van der Waals surface area contributed by atoms with Crippen LogP contribution in [0.3, 0.4) is 0 Å². The first-order valence-corrected chi connectivity index (χ1v) is 9.07. The van der Waals surface area contributed by atoms with Gasteiger partial charge < -0.3 is 9.64 Å². The van der Waals surface area contributed by atoms with Crippen LogP contribution in [0.15, 0.2) is 53.0 Å². The number of halogens is 2. The molecule has 2 aromatic rings. The second-order valence-corrected chi connectivity index (χ2v) is 6.89. The molecule has 0 radical (unpaired) electrons. The fourth-order valence-electron chi connectivity index (χ4n) is 2.32. The lowest BCUT2D eigenvalue weighted by Crippen LogP contribution is -2.30. The van der Waals surface area contributed by atoms with Crippen LogP contribution in [0.25, 0.3) is 0 Å². The summed E-state index contributed by atoms with van der Waals surface area (Å²) >= 11 is 3.29. The van der Waals surface area contributed by atoms with E-state index in [4.69, 9.17) is 4.74 Å². The highest BCUT2D eigenvalue weighted by Crippen LogP contribution is 2.13. The van der Waals surface area contributed by atoms with Crippen molar-refractivity contribution in [2.75, 3.05) is 13.7 Å². The molecule has 142 valence electrons. The van der Waals surface area contributed by atoms with Gasteiger partial charge in [0.15, 0.2) is 12.4 Å². The third-order valence-corrected chi connectivity index (χ3v) is 4.34. The molecule has 0 N–H and O–H groups in total. The lowest BCUT2D eigenvalue weighted by molar-refractivity contribution is -0.151. The van der Waals surface area contributed by atoms with Crippen molar-refractivity contribution in [2.24, 2.45) is 0 Å². The van der Waals surface area contributed by atoms with Gasteiger partial charge in [-0.05, 0) is 29.8 Å². The number of hydrogen-bond donors (Lipinski definition) is 0. The van der Waals surface area contributed by atoms with Crippen LogP contribution in [0.4, 0.5) is 4.39 Å². The van der Waals surface area contributed by atoms with Crippen LogP contribution in [0.2, 0.25) is 0 Å². The Morgan fingerprint density at radius 2 is 1.78 bits per heavy atom. The molecule has 2 rings (SSSR count). The summed E-state index contributed by atoms with van der Waals surface area (Å²) in [5, 5.41) is 0. The van der Waals surface area contributed by atoms with Crippen LogP contribution in [0.5, 0.6) is 0 Å². The second kappa shape index (κ2) is 9.97. The van der Waals surface area contributed by atoms with Crippen LogP contribution in [-0.2, 0) is 20.9 Å². The van der Waals surface area contributed by atoms with Crippen molar-refractivity contribution in [3.8, 4) is 0 Å². The highest BCUT2D eigenvalue weighted by molar-refractivity contribution is 9.10. The monoisotopic (exact) mass is 435 g/mol. The van der Waals surface area contributed by atoms with E-state index in [0.29, 0.717) is 11.1 Å². The highest BCUT2D eigenvalue weighted by Gasteiger charge is 2.14. The van der Waals surface area contributed by atoms with Crippen molar-refractivity contribution in [1.29, 1.82) is 0 Å². The fraction of sp³-hybridized carbons (Fsp3) is 0.250. The van der Waals surface area contributed by atoms with E-state index < -0.39 is 18.5 Å². The van der Waals surface area contributed by atoms with Crippen molar-refractivity contribution in [3.63, 3.8) is 0 Å². The Bertz CT molecular complexity index is 823. The summed E-state index contributed by atoms with van der Waals surface area (Å²) < 4.78 is 19.0. The lowest BCUT2D eigenvalue weighted by Gasteiger charge is -2.17. The van der Waals surface area contributed by atoms with E-state index in [1.165, 1.54) is 24.1 Å².